The number of carbonyl (C=O) groups is 2. The Hall–Kier alpha value is -2.15. The summed E-state index contributed by atoms with van der Waals surface area (Å²) in [6.45, 7) is 6.40. The maximum atomic E-state index is 12.8. The molecule has 1 unspecified atom stereocenters. The first-order valence-corrected chi connectivity index (χ1v) is 9.28. The molecule has 0 radical (unpaired) electrons. The third-order valence-corrected chi connectivity index (χ3v) is 4.49. The van der Waals surface area contributed by atoms with Gasteiger partial charge in [0.2, 0.25) is 5.91 Å². The number of hydrogen-bond donors (Lipinski definition) is 3. The minimum absolute atomic E-state index is 0.0595. The number of piperidine rings is 1. The molecule has 1 aliphatic heterocycles. The predicted octanol–water partition coefficient (Wildman–Crippen LogP) is 1.86. The third kappa shape index (κ3) is 7.82. The van der Waals surface area contributed by atoms with E-state index in [4.69, 9.17) is 0 Å². The highest BCUT2D eigenvalue weighted by molar-refractivity contribution is 5.83. The van der Waals surface area contributed by atoms with Crippen molar-refractivity contribution in [3.8, 4) is 0 Å². The van der Waals surface area contributed by atoms with E-state index in [0.717, 1.165) is 37.5 Å². The average Bonchev–Trinajstić information content (AvgIpc) is 2.63. The summed E-state index contributed by atoms with van der Waals surface area (Å²) in [7, 11) is 0. The van der Waals surface area contributed by atoms with Crippen LogP contribution in [-0.4, -0.2) is 49.6 Å². The molecule has 144 valence electrons. The van der Waals surface area contributed by atoms with Crippen LogP contribution in [-0.2, 0) is 11.3 Å². The molecule has 26 heavy (non-hydrogen) atoms. The van der Waals surface area contributed by atoms with Crippen LogP contribution < -0.4 is 16.0 Å². The minimum atomic E-state index is -0.424. The zero-order valence-electron chi connectivity index (χ0n) is 15.4. The molecule has 1 aromatic rings. The monoisotopic (exact) mass is 364 g/mol. The molecular weight excluding hydrogens is 335 g/mol. The first-order chi connectivity index (χ1) is 12.5. The van der Waals surface area contributed by atoms with Crippen LogP contribution in [0.1, 0.15) is 31.7 Å². The van der Waals surface area contributed by atoms with Gasteiger partial charge in [-0.3, -0.25) is 4.79 Å². The second-order valence-corrected chi connectivity index (χ2v) is 6.91. The van der Waals surface area contributed by atoms with Gasteiger partial charge in [0.15, 0.2) is 0 Å². The van der Waals surface area contributed by atoms with Crippen LogP contribution in [0.3, 0.4) is 0 Å². The van der Waals surface area contributed by atoms with Gasteiger partial charge in [-0.15, -0.1) is 0 Å². The molecule has 3 N–H and O–H groups in total. The maximum Gasteiger partial charge on any atom is 0.315 e. The molecule has 0 saturated carbocycles. The summed E-state index contributed by atoms with van der Waals surface area (Å²) < 4.78 is 12.8. The predicted molar refractivity (Wildman–Crippen MR) is 99.1 cm³/mol. The van der Waals surface area contributed by atoms with Crippen LogP contribution in [0.25, 0.3) is 0 Å². The molecule has 0 aromatic heterocycles. The van der Waals surface area contributed by atoms with Gasteiger partial charge < -0.3 is 20.9 Å². The number of benzene rings is 1. The lowest BCUT2D eigenvalue weighted by Gasteiger charge is -2.30. The molecule has 1 heterocycles. The molecule has 1 aromatic carbocycles. The third-order valence-electron chi connectivity index (χ3n) is 4.49. The van der Waals surface area contributed by atoms with Crippen LogP contribution in [0.2, 0.25) is 0 Å². The van der Waals surface area contributed by atoms with Crippen molar-refractivity contribution in [2.75, 3.05) is 32.7 Å². The molecule has 3 amide bonds. The van der Waals surface area contributed by atoms with E-state index in [2.05, 4.69) is 27.8 Å². The first kappa shape index (κ1) is 20.2. The largest absolute Gasteiger partial charge is 0.355 e. The van der Waals surface area contributed by atoms with Gasteiger partial charge in [-0.25, -0.2) is 9.18 Å². The lowest BCUT2D eigenvalue weighted by atomic mass is 10.0. The number of halogens is 1. The zero-order valence-corrected chi connectivity index (χ0v) is 15.4. The van der Waals surface area contributed by atoms with Gasteiger partial charge in [-0.2, -0.15) is 0 Å². The topological polar surface area (TPSA) is 73.5 Å². The summed E-state index contributed by atoms with van der Waals surface area (Å²) in [6, 6.07) is 5.46. The summed E-state index contributed by atoms with van der Waals surface area (Å²) in [5, 5.41) is 7.96. The Labute approximate surface area is 154 Å². The summed E-state index contributed by atoms with van der Waals surface area (Å²) in [6.07, 6.45) is 3.47. The Morgan fingerprint density at radius 2 is 1.96 bits per heavy atom. The van der Waals surface area contributed by atoms with Crippen molar-refractivity contribution < 1.29 is 14.0 Å². The van der Waals surface area contributed by atoms with Crippen LogP contribution >= 0.6 is 0 Å². The molecule has 0 bridgehead atoms. The molecule has 0 spiro atoms. The molecule has 2 rings (SSSR count). The summed E-state index contributed by atoms with van der Waals surface area (Å²) >= 11 is 0. The number of urea groups is 1. The molecule has 1 atom stereocenters. The van der Waals surface area contributed by atoms with E-state index in [0.29, 0.717) is 6.54 Å². The van der Waals surface area contributed by atoms with E-state index in [9.17, 15) is 14.0 Å². The number of likely N-dealkylation sites (tertiary alicyclic amines) is 1. The zero-order chi connectivity index (χ0) is 18.8. The number of nitrogens with zero attached hydrogens (tertiary/aromatic N) is 1. The Balaban J connectivity index is 1.51. The Bertz CT molecular complexity index is 579. The Morgan fingerprint density at radius 1 is 1.19 bits per heavy atom. The number of amides is 3. The molecule has 7 heteroatoms. The second kappa shape index (κ2) is 10.8. The van der Waals surface area contributed by atoms with Crippen molar-refractivity contribution in [3.63, 3.8) is 0 Å². The van der Waals surface area contributed by atoms with Crippen molar-refractivity contribution in [2.45, 2.75) is 32.7 Å². The summed E-state index contributed by atoms with van der Waals surface area (Å²) in [5.74, 6) is 0.245. The van der Waals surface area contributed by atoms with Crippen LogP contribution in [0, 0.1) is 11.7 Å². The molecule has 1 fully saturated rings. The van der Waals surface area contributed by atoms with Crippen LogP contribution in [0.4, 0.5) is 9.18 Å². The highest BCUT2D eigenvalue weighted by atomic mass is 19.1. The van der Waals surface area contributed by atoms with Gasteiger partial charge >= 0.3 is 6.03 Å². The van der Waals surface area contributed by atoms with Gasteiger partial charge in [-0.1, -0.05) is 19.1 Å². The van der Waals surface area contributed by atoms with Gasteiger partial charge in [-0.05, 0) is 56.0 Å². The van der Waals surface area contributed by atoms with Crippen molar-refractivity contribution in [1.82, 2.24) is 20.9 Å². The normalized spacial score (nSPS) is 17.5. The number of carbonyl (C=O) groups excluding carboxylic acids is 2. The molecule has 6 nitrogen and oxygen atoms in total. The molecule has 1 aliphatic rings. The van der Waals surface area contributed by atoms with E-state index >= 15 is 0 Å². The quantitative estimate of drug-likeness (QED) is 0.617. The summed E-state index contributed by atoms with van der Waals surface area (Å²) in [4.78, 5) is 25.9. The van der Waals surface area contributed by atoms with Crippen LogP contribution in [0.15, 0.2) is 24.3 Å². The standard InChI is InChI=1S/C19H29FN4O2/c1-15-4-2-10-24(14-15)11-3-9-21-18(25)13-23-19(26)22-12-16-5-7-17(20)8-6-16/h5-8,15H,2-4,9-14H2,1H3,(H,21,25)(H2,22,23,26). The second-order valence-electron chi connectivity index (χ2n) is 6.91. The first-order valence-electron chi connectivity index (χ1n) is 9.28. The van der Waals surface area contributed by atoms with Gasteiger partial charge in [0.1, 0.15) is 5.82 Å². The van der Waals surface area contributed by atoms with Crippen molar-refractivity contribution >= 4 is 11.9 Å². The fraction of sp³-hybridized carbons (Fsp3) is 0.579. The van der Waals surface area contributed by atoms with E-state index < -0.39 is 6.03 Å². The van der Waals surface area contributed by atoms with Crippen molar-refractivity contribution in [2.24, 2.45) is 5.92 Å². The van der Waals surface area contributed by atoms with Crippen molar-refractivity contribution in [1.29, 1.82) is 0 Å². The molecule has 1 saturated heterocycles. The fourth-order valence-electron chi connectivity index (χ4n) is 3.09. The lowest BCUT2D eigenvalue weighted by molar-refractivity contribution is -0.120. The van der Waals surface area contributed by atoms with Crippen LogP contribution in [0.5, 0.6) is 0 Å². The number of rotatable bonds is 8. The van der Waals surface area contributed by atoms with E-state index in [-0.39, 0.29) is 24.8 Å². The lowest BCUT2D eigenvalue weighted by Crippen LogP contribution is -2.42. The fourth-order valence-corrected chi connectivity index (χ4v) is 3.09. The highest BCUT2D eigenvalue weighted by Crippen LogP contribution is 2.15. The smallest absolute Gasteiger partial charge is 0.315 e. The number of hydrogen-bond acceptors (Lipinski definition) is 3. The van der Waals surface area contributed by atoms with E-state index in [1.165, 1.54) is 25.0 Å². The van der Waals surface area contributed by atoms with E-state index in [1.807, 2.05) is 0 Å². The Kier molecular flexibility index (Phi) is 8.34. The van der Waals surface area contributed by atoms with Gasteiger partial charge in [0.05, 0.1) is 6.54 Å². The molecule has 0 aliphatic carbocycles. The minimum Gasteiger partial charge on any atom is -0.355 e. The number of nitrogens with one attached hydrogen (secondary N) is 3. The molecular formula is C19H29FN4O2. The highest BCUT2D eigenvalue weighted by Gasteiger charge is 2.15. The average molecular weight is 364 g/mol. The van der Waals surface area contributed by atoms with Crippen molar-refractivity contribution in [3.05, 3.63) is 35.6 Å². The summed E-state index contributed by atoms with van der Waals surface area (Å²) in [5.41, 5.74) is 0.790. The maximum absolute atomic E-state index is 12.8. The van der Waals surface area contributed by atoms with Gasteiger partial charge in [0.25, 0.3) is 0 Å². The Morgan fingerprint density at radius 3 is 2.69 bits per heavy atom. The SMILES string of the molecule is CC1CCCN(CCCNC(=O)CNC(=O)NCc2ccc(F)cc2)C1. The van der Waals surface area contributed by atoms with E-state index in [1.54, 1.807) is 12.1 Å². The van der Waals surface area contributed by atoms with Gasteiger partial charge in [0, 0.05) is 19.6 Å².